The zero-order valence-electron chi connectivity index (χ0n) is 51.0. The van der Waals surface area contributed by atoms with E-state index in [0.29, 0.717) is 79.0 Å². The Morgan fingerprint density at radius 2 is 0.796 bits per heavy atom. The fourth-order valence-corrected chi connectivity index (χ4v) is 7.22. The lowest BCUT2D eigenvalue weighted by Crippen LogP contribution is -2.16. The second-order valence-electron chi connectivity index (χ2n) is 18.7. The van der Waals surface area contributed by atoms with Crippen LogP contribution in [0.2, 0.25) is 0 Å². The van der Waals surface area contributed by atoms with Crippen LogP contribution in [0.4, 0.5) is 9.59 Å². The summed E-state index contributed by atoms with van der Waals surface area (Å²) in [6, 6.07) is 35.1. The molecule has 0 radical (unpaired) electrons. The van der Waals surface area contributed by atoms with Crippen molar-refractivity contribution in [3.05, 3.63) is 218 Å². The lowest BCUT2D eigenvalue weighted by molar-refractivity contribution is -0.249. The molecule has 0 bridgehead atoms. The molecule has 0 atom stereocenters. The molecule has 0 aromatic heterocycles. The molecular formula is C69H68O24. The van der Waals surface area contributed by atoms with Gasteiger partial charge in [-0.1, -0.05) is 44.2 Å². The van der Waals surface area contributed by atoms with Gasteiger partial charge in [0.1, 0.15) is 78.2 Å². The zero-order chi connectivity index (χ0) is 67.0. The average molecular weight is 1280 g/mol. The summed E-state index contributed by atoms with van der Waals surface area (Å²) in [7, 11) is 0. The van der Waals surface area contributed by atoms with Gasteiger partial charge < -0.3 is 71.2 Å². The number of hydrogen-bond acceptors (Lipinski definition) is 24. The smallest absolute Gasteiger partial charge is 0.494 e. The van der Waals surface area contributed by atoms with Crippen LogP contribution in [0.5, 0.6) is 51.7 Å². The summed E-state index contributed by atoms with van der Waals surface area (Å²) in [5.41, 5.74) is 4.90. The largest absolute Gasteiger partial charge is 0.513 e. The highest BCUT2D eigenvalue weighted by atomic mass is 17.2. The molecule has 93 heavy (non-hydrogen) atoms. The summed E-state index contributed by atoms with van der Waals surface area (Å²) in [4.78, 5) is 104. The van der Waals surface area contributed by atoms with E-state index in [4.69, 9.17) is 66.6 Å². The molecule has 24 nitrogen and oxygen atoms in total. The molecule has 0 N–H and O–H groups in total. The monoisotopic (exact) mass is 1280 g/mol. The van der Waals surface area contributed by atoms with Crippen LogP contribution in [0.3, 0.4) is 0 Å². The van der Waals surface area contributed by atoms with Gasteiger partial charge in [-0.15, -0.1) is 0 Å². The van der Waals surface area contributed by atoms with Gasteiger partial charge in [0.05, 0.1) is 44.0 Å². The van der Waals surface area contributed by atoms with Crippen molar-refractivity contribution in [1.82, 2.24) is 0 Å². The van der Waals surface area contributed by atoms with E-state index in [2.05, 4.69) is 41.5 Å². The number of ether oxygens (including phenoxy) is 14. The van der Waals surface area contributed by atoms with E-state index in [0.717, 1.165) is 42.4 Å². The van der Waals surface area contributed by atoms with Crippen molar-refractivity contribution in [2.75, 3.05) is 59.6 Å². The molecule has 6 aromatic rings. The Hall–Kier alpha value is -11.6. The van der Waals surface area contributed by atoms with Crippen LogP contribution in [0.1, 0.15) is 63.1 Å². The number of esters is 6. The van der Waals surface area contributed by atoms with Crippen LogP contribution in [0.25, 0.3) is 0 Å². The summed E-state index contributed by atoms with van der Waals surface area (Å²) < 4.78 is 73.1. The van der Waals surface area contributed by atoms with Crippen LogP contribution in [-0.4, -0.2) is 108 Å². The fraction of sp³-hybridized carbons (Fsp3) is 0.232. The molecular weight excluding hydrogens is 1210 g/mol. The molecule has 6 aromatic carbocycles. The van der Waals surface area contributed by atoms with Crippen LogP contribution in [0.15, 0.2) is 190 Å². The number of aryl methyl sites for hydroxylation is 2. The number of carbonyl (C=O) groups is 8. The van der Waals surface area contributed by atoms with Crippen LogP contribution >= 0.6 is 0 Å². The van der Waals surface area contributed by atoms with Crippen molar-refractivity contribution in [2.45, 2.75) is 46.0 Å². The maximum absolute atomic E-state index is 12.6. The third kappa shape index (κ3) is 28.6. The van der Waals surface area contributed by atoms with Crippen molar-refractivity contribution in [3.8, 4) is 51.7 Å². The molecule has 0 saturated carbocycles. The molecule has 0 aliphatic rings. The van der Waals surface area contributed by atoms with E-state index < -0.39 is 48.1 Å². The minimum atomic E-state index is -1.03. The first kappa shape index (κ1) is 72.1. The second-order valence-corrected chi connectivity index (χ2v) is 18.7. The molecule has 0 fully saturated rings. The Morgan fingerprint density at radius 1 is 0.398 bits per heavy atom. The molecule has 0 unspecified atom stereocenters. The second kappa shape index (κ2) is 40.8. The van der Waals surface area contributed by atoms with Crippen LogP contribution in [-0.2, 0) is 59.1 Å². The molecule has 0 amide bonds. The Kier molecular flexibility index (Phi) is 31.7. The first-order valence-corrected chi connectivity index (χ1v) is 28.5. The van der Waals surface area contributed by atoms with Gasteiger partial charge in [-0.25, -0.2) is 33.6 Å². The minimum Gasteiger partial charge on any atom is -0.494 e. The number of benzene rings is 6. The van der Waals surface area contributed by atoms with Crippen molar-refractivity contribution in [3.63, 3.8) is 0 Å². The average Bonchev–Trinajstić information content (AvgIpc) is 1.52. The van der Waals surface area contributed by atoms with E-state index in [1.54, 1.807) is 73.7 Å². The Bertz CT molecular complexity index is 3500. The summed E-state index contributed by atoms with van der Waals surface area (Å²) in [6.07, 6.45) is 5.24. The predicted octanol–water partition coefficient (Wildman–Crippen LogP) is 11.8. The van der Waals surface area contributed by atoms with Crippen molar-refractivity contribution in [1.29, 1.82) is 0 Å². The fourth-order valence-electron chi connectivity index (χ4n) is 7.22. The predicted molar refractivity (Wildman–Crippen MR) is 331 cm³/mol. The molecule has 6 rings (SSSR count). The van der Waals surface area contributed by atoms with E-state index in [1.807, 2.05) is 19.1 Å². The highest BCUT2D eigenvalue weighted by molar-refractivity contribution is 5.92. The van der Waals surface area contributed by atoms with Gasteiger partial charge in [0.25, 0.3) is 0 Å². The van der Waals surface area contributed by atoms with Crippen molar-refractivity contribution in [2.24, 2.45) is 0 Å². The van der Waals surface area contributed by atoms with E-state index in [9.17, 15) is 38.4 Å². The highest BCUT2D eigenvalue weighted by Crippen LogP contribution is 2.28. The minimum absolute atomic E-state index is 0.000471. The maximum atomic E-state index is 12.6. The standard InChI is InChI=1S/C35H38O10.C34H30O14/c1-4-20-43-44-24-9-8-22-39-30-14-16-31(17-15-30)41-26-42-33-19-18-32(25-27(33)3)45-35(37)28-10-12-29(13-11-28)38-21-6-7-23-40-34(36)5-2;1-4-29(35)41-16-18-43-33(39)46-25-10-6-23(7-11-25)21-31(37)48-28-15-14-27(20-22(28)3)45-32(38)24-8-12-26(13-9-24)47-34(40)44-19-17-42-30(36)5-2/h5,10-20,25H,1-2,6-9,21-24,26H2,3H3;4-15,20H,1-2,16-19,21H2,3H3. The van der Waals surface area contributed by atoms with Gasteiger partial charge in [-0.2, -0.15) is 4.89 Å². The summed E-state index contributed by atoms with van der Waals surface area (Å²) in [5, 5.41) is 0. The Labute approximate surface area is 535 Å². The molecule has 0 spiro atoms. The van der Waals surface area contributed by atoms with Gasteiger partial charge >= 0.3 is 48.1 Å². The number of rotatable bonds is 36. The lowest BCUT2D eigenvalue weighted by Gasteiger charge is -2.12. The summed E-state index contributed by atoms with van der Waals surface area (Å²) in [5.74, 6) is 0.250. The highest BCUT2D eigenvalue weighted by Gasteiger charge is 2.16. The number of unbranched alkanes of at least 4 members (excludes halogenated alkanes) is 2. The third-order valence-electron chi connectivity index (χ3n) is 11.8. The first-order chi connectivity index (χ1) is 45.0. The molecule has 0 aliphatic carbocycles. The van der Waals surface area contributed by atoms with Gasteiger partial charge in [-0.05, 0) is 178 Å². The number of carbonyl (C=O) groups excluding carboxylic acids is 8. The molecule has 0 saturated heterocycles. The first-order valence-electron chi connectivity index (χ1n) is 28.5. The van der Waals surface area contributed by atoms with Gasteiger partial charge in [0, 0.05) is 18.2 Å². The molecule has 24 heteroatoms. The van der Waals surface area contributed by atoms with E-state index in [-0.39, 0.29) is 68.2 Å². The summed E-state index contributed by atoms with van der Waals surface area (Å²) >= 11 is 0. The topological polar surface area (TPSA) is 284 Å². The van der Waals surface area contributed by atoms with E-state index in [1.165, 1.54) is 60.9 Å². The third-order valence-corrected chi connectivity index (χ3v) is 11.8. The van der Waals surface area contributed by atoms with E-state index >= 15 is 0 Å². The molecule has 0 heterocycles. The van der Waals surface area contributed by atoms with Gasteiger partial charge in [-0.3, -0.25) is 4.79 Å². The SMILES string of the molecule is C=C=COOCCCCOc1ccc(OCOc2ccc(OC(=O)c3ccc(OCCCCOC(=O)C=C)cc3)cc2C)cc1.C=CC(=O)OCCOC(=O)Oc1ccc(CC(=O)Oc2ccc(OC(=O)c3ccc(OC(=O)OCCOC(=O)C=C)cc3)cc2C)cc1. The summed E-state index contributed by atoms with van der Waals surface area (Å²) in [6.45, 7) is 17.8. The molecule has 0 aliphatic heterocycles. The van der Waals surface area contributed by atoms with Gasteiger partial charge in [0.15, 0.2) is 6.26 Å². The maximum Gasteiger partial charge on any atom is 0.513 e. The van der Waals surface area contributed by atoms with Crippen molar-refractivity contribution < 1.29 is 114 Å². The zero-order valence-corrected chi connectivity index (χ0v) is 51.0. The Balaban J connectivity index is 0.000000338. The number of hydrogen-bond donors (Lipinski definition) is 0. The Morgan fingerprint density at radius 3 is 1.27 bits per heavy atom. The quantitative estimate of drug-likeness (QED) is 0.00302. The van der Waals surface area contributed by atoms with Gasteiger partial charge in [0.2, 0.25) is 6.79 Å². The van der Waals surface area contributed by atoms with Crippen LogP contribution < -0.4 is 42.6 Å². The molecule has 488 valence electrons. The lowest BCUT2D eigenvalue weighted by atomic mass is 10.1. The van der Waals surface area contributed by atoms with Crippen LogP contribution in [0, 0.1) is 13.8 Å². The normalized spacial score (nSPS) is 10.1. The van der Waals surface area contributed by atoms with Crippen molar-refractivity contribution >= 4 is 48.1 Å².